The predicted octanol–water partition coefficient (Wildman–Crippen LogP) is 3.34. The number of hydrogen-bond donors (Lipinski definition) is 2. The van der Waals surface area contributed by atoms with Crippen molar-refractivity contribution in [2.75, 3.05) is 18.2 Å². The molecule has 0 saturated heterocycles. The Morgan fingerprint density at radius 2 is 2.00 bits per heavy atom. The highest BCUT2D eigenvalue weighted by molar-refractivity contribution is 8.01. The minimum atomic E-state index is -0.105. The zero-order valence-electron chi connectivity index (χ0n) is 15.1. The van der Waals surface area contributed by atoms with Gasteiger partial charge < -0.3 is 15.4 Å². The van der Waals surface area contributed by atoms with Crippen LogP contribution in [-0.2, 0) is 16.0 Å². The number of amides is 2. The Kier molecular flexibility index (Phi) is 7.93. The van der Waals surface area contributed by atoms with Gasteiger partial charge in [0.25, 0.3) is 0 Å². The van der Waals surface area contributed by atoms with Gasteiger partial charge in [-0.25, -0.2) is 4.98 Å². The maximum atomic E-state index is 12.0. The van der Waals surface area contributed by atoms with Gasteiger partial charge in [0.1, 0.15) is 5.75 Å². The highest BCUT2D eigenvalue weighted by Gasteiger charge is 2.11. The molecule has 0 aliphatic rings. The molecular formula is C18H23N3O3S2. The van der Waals surface area contributed by atoms with Crippen LogP contribution in [0, 0.1) is 0 Å². The molecule has 1 heterocycles. The number of nitrogens with one attached hydrogen (secondary N) is 2. The lowest BCUT2D eigenvalue weighted by molar-refractivity contribution is -0.121. The predicted molar refractivity (Wildman–Crippen MR) is 106 cm³/mol. The van der Waals surface area contributed by atoms with Crippen molar-refractivity contribution in [1.82, 2.24) is 10.3 Å². The average molecular weight is 394 g/mol. The highest BCUT2D eigenvalue weighted by Crippen LogP contribution is 2.23. The maximum Gasteiger partial charge on any atom is 0.234 e. The number of thioether (sulfide) groups is 1. The third-order valence-corrected chi connectivity index (χ3v) is 5.66. The first-order chi connectivity index (χ1) is 12.5. The summed E-state index contributed by atoms with van der Waals surface area (Å²) in [6.07, 6.45) is 1.16. The number of benzene rings is 1. The molecule has 2 aromatic rings. The van der Waals surface area contributed by atoms with E-state index in [1.54, 1.807) is 31.4 Å². The van der Waals surface area contributed by atoms with Gasteiger partial charge in [0.2, 0.25) is 11.8 Å². The minimum absolute atomic E-state index is 0.0292. The van der Waals surface area contributed by atoms with Crippen molar-refractivity contribution in [3.05, 3.63) is 35.3 Å². The van der Waals surface area contributed by atoms with Crippen LogP contribution in [0.25, 0.3) is 0 Å². The van der Waals surface area contributed by atoms with Gasteiger partial charge in [0.15, 0.2) is 4.34 Å². The van der Waals surface area contributed by atoms with Gasteiger partial charge in [0, 0.05) is 17.1 Å². The van der Waals surface area contributed by atoms with E-state index >= 15 is 0 Å². The number of rotatable bonds is 9. The summed E-state index contributed by atoms with van der Waals surface area (Å²) in [4.78, 5) is 28.3. The Bertz CT molecular complexity index is 732. The van der Waals surface area contributed by atoms with Gasteiger partial charge >= 0.3 is 0 Å². The molecule has 1 aromatic carbocycles. The van der Waals surface area contributed by atoms with Crippen LogP contribution in [0.3, 0.4) is 0 Å². The van der Waals surface area contributed by atoms with Gasteiger partial charge in [-0.05, 0) is 37.6 Å². The van der Waals surface area contributed by atoms with E-state index in [4.69, 9.17) is 4.74 Å². The summed E-state index contributed by atoms with van der Waals surface area (Å²) in [5.74, 6) is 0.868. The molecule has 0 aliphatic heterocycles. The first kappa shape index (κ1) is 20.3. The lowest BCUT2D eigenvalue weighted by atomic mass is 10.2. The summed E-state index contributed by atoms with van der Waals surface area (Å²) in [5, 5.41) is 7.61. The fraction of sp³-hybridized carbons (Fsp3) is 0.389. The third kappa shape index (κ3) is 6.68. The van der Waals surface area contributed by atoms with E-state index in [0.717, 1.165) is 27.9 Å². The summed E-state index contributed by atoms with van der Waals surface area (Å²) in [7, 11) is 1.60. The zero-order valence-corrected chi connectivity index (χ0v) is 16.7. The molecule has 0 radical (unpaired) electrons. The summed E-state index contributed by atoms with van der Waals surface area (Å²) in [6.45, 7) is 4.00. The Morgan fingerprint density at radius 3 is 2.65 bits per heavy atom. The summed E-state index contributed by atoms with van der Waals surface area (Å²) in [6, 6.07) is 7.33. The molecule has 0 unspecified atom stereocenters. The van der Waals surface area contributed by atoms with Crippen LogP contribution < -0.4 is 15.4 Å². The molecule has 1 atom stereocenters. The van der Waals surface area contributed by atoms with Crippen molar-refractivity contribution in [3.8, 4) is 5.75 Å². The molecular weight excluding hydrogens is 370 g/mol. The summed E-state index contributed by atoms with van der Waals surface area (Å²) < 4.78 is 5.86. The minimum Gasteiger partial charge on any atom is -0.497 e. The van der Waals surface area contributed by atoms with Crippen molar-refractivity contribution in [2.24, 2.45) is 0 Å². The first-order valence-electron chi connectivity index (χ1n) is 8.30. The third-order valence-electron chi connectivity index (χ3n) is 3.59. The van der Waals surface area contributed by atoms with Crippen LogP contribution in [0.2, 0.25) is 0 Å². The fourth-order valence-corrected chi connectivity index (χ4v) is 3.67. The first-order valence-corrected chi connectivity index (χ1v) is 10.2. The second kappa shape index (κ2) is 10.2. The number of carbonyl (C=O) groups is 2. The van der Waals surface area contributed by atoms with Gasteiger partial charge in [-0.1, -0.05) is 18.7 Å². The maximum absolute atomic E-state index is 12.0. The van der Waals surface area contributed by atoms with E-state index in [0.29, 0.717) is 0 Å². The van der Waals surface area contributed by atoms with E-state index in [1.165, 1.54) is 23.1 Å². The van der Waals surface area contributed by atoms with Crippen LogP contribution in [0.5, 0.6) is 5.75 Å². The van der Waals surface area contributed by atoms with Gasteiger partial charge in [-0.2, -0.15) is 0 Å². The molecule has 6 nitrogen and oxygen atoms in total. The van der Waals surface area contributed by atoms with Crippen LogP contribution >= 0.6 is 23.1 Å². The van der Waals surface area contributed by atoms with Crippen molar-refractivity contribution >= 4 is 40.6 Å². The molecule has 0 aliphatic carbocycles. The van der Waals surface area contributed by atoms with Gasteiger partial charge in [-0.15, -0.1) is 11.3 Å². The SMILES string of the molecule is CC[C@@H](C)NC(=O)Cc1csc(SCC(=O)Nc2ccc(OC)cc2)n1. The topological polar surface area (TPSA) is 80.3 Å². The highest BCUT2D eigenvalue weighted by atomic mass is 32.2. The number of carbonyl (C=O) groups excluding carboxylic acids is 2. The van der Waals surface area contributed by atoms with Gasteiger partial charge in [0.05, 0.1) is 25.0 Å². The van der Waals surface area contributed by atoms with E-state index in [9.17, 15) is 9.59 Å². The van der Waals surface area contributed by atoms with Crippen LogP contribution in [0.4, 0.5) is 5.69 Å². The smallest absolute Gasteiger partial charge is 0.234 e. The number of anilines is 1. The second-order valence-corrected chi connectivity index (χ2v) is 7.80. The van der Waals surface area contributed by atoms with Crippen molar-refractivity contribution in [2.45, 2.75) is 37.1 Å². The van der Waals surface area contributed by atoms with Crippen molar-refractivity contribution in [1.29, 1.82) is 0 Å². The average Bonchev–Trinajstić information content (AvgIpc) is 3.07. The van der Waals surface area contributed by atoms with Crippen LogP contribution in [-0.4, -0.2) is 35.7 Å². The Morgan fingerprint density at radius 1 is 1.27 bits per heavy atom. The van der Waals surface area contributed by atoms with E-state index in [-0.39, 0.29) is 30.0 Å². The number of nitrogens with zero attached hydrogens (tertiary/aromatic N) is 1. The molecule has 2 amide bonds. The fourth-order valence-electron chi connectivity index (χ4n) is 2.03. The zero-order chi connectivity index (χ0) is 18.9. The molecule has 26 heavy (non-hydrogen) atoms. The van der Waals surface area contributed by atoms with Crippen molar-refractivity contribution in [3.63, 3.8) is 0 Å². The molecule has 0 bridgehead atoms. The monoisotopic (exact) mass is 393 g/mol. The normalized spacial score (nSPS) is 11.7. The van der Waals surface area contributed by atoms with Gasteiger partial charge in [-0.3, -0.25) is 9.59 Å². The molecule has 2 N–H and O–H groups in total. The van der Waals surface area contributed by atoms with Crippen LogP contribution in [0.1, 0.15) is 26.0 Å². The molecule has 2 rings (SSSR count). The number of methoxy groups -OCH3 is 1. The standard InChI is InChI=1S/C18H23N3O3S2/c1-4-12(2)19-16(22)9-14-10-25-18(21-14)26-11-17(23)20-13-5-7-15(24-3)8-6-13/h5-8,10,12H,4,9,11H2,1-3H3,(H,19,22)(H,20,23)/t12-/m1/s1. The van der Waals surface area contributed by atoms with Crippen molar-refractivity contribution < 1.29 is 14.3 Å². The summed E-state index contributed by atoms with van der Waals surface area (Å²) in [5.41, 5.74) is 1.45. The quantitative estimate of drug-likeness (QED) is 0.639. The molecule has 1 aromatic heterocycles. The number of aromatic nitrogens is 1. The molecule has 8 heteroatoms. The van der Waals surface area contributed by atoms with E-state index in [1.807, 2.05) is 19.2 Å². The lowest BCUT2D eigenvalue weighted by Gasteiger charge is -2.10. The number of hydrogen-bond acceptors (Lipinski definition) is 6. The van der Waals surface area contributed by atoms with Crippen LogP contribution in [0.15, 0.2) is 34.0 Å². The molecule has 140 valence electrons. The Balaban J connectivity index is 1.77. The largest absolute Gasteiger partial charge is 0.497 e. The molecule has 0 fully saturated rings. The number of ether oxygens (including phenoxy) is 1. The second-order valence-electron chi connectivity index (χ2n) is 5.72. The van der Waals surface area contributed by atoms with E-state index < -0.39 is 0 Å². The lowest BCUT2D eigenvalue weighted by Crippen LogP contribution is -2.33. The Labute approximate surface area is 161 Å². The summed E-state index contributed by atoms with van der Waals surface area (Å²) >= 11 is 2.81. The molecule has 0 saturated carbocycles. The van der Waals surface area contributed by atoms with E-state index in [2.05, 4.69) is 15.6 Å². The Hall–Kier alpha value is -2.06. The molecule has 0 spiro atoms. The number of thiazole rings is 1.